The maximum atomic E-state index is 13.2. The molecule has 4 amide bonds. The van der Waals surface area contributed by atoms with Crippen molar-refractivity contribution in [2.24, 2.45) is 0 Å². The van der Waals surface area contributed by atoms with Gasteiger partial charge in [0.25, 0.3) is 5.91 Å². The molecule has 0 aliphatic carbocycles. The maximum absolute atomic E-state index is 13.2. The number of hydrogen-bond acceptors (Lipinski definition) is 4. The van der Waals surface area contributed by atoms with Crippen LogP contribution in [-0.2, 0) is 26.4 Å². The largest absolute Gasteiger partial charge is 0.383 e. The fraction of sp³-hybridized carbons (Fsp3) is 0.318. The van der Waals surface area contributed by atoms with Crippen LogP contribution in [0.1, 0.15) is 18.1 Å². The topological polar surface area (TPSA) is 79.0 Å². The summed E-state index contributed by atoms with van der Waals surface area (Å²) in [6.45, 7) is 2.13. The van der Waals surface area contributed by atoms with Gasteiger partial charge < -0.3 is 15.0 Å². The number of carbonyl (C=O) groups is 3. The lowest BCUT2D eigenvalue weighted by Gasteiger charge is -2.25. The van der Waals surface area contributed by atoms with Gasteiger partial charge >= 0.3 is 6.03 Å². The third-order valence-corrected chi connectivity index (χ3v) is 5.12. The van der Waals surface area contributed by atoms with Crippen LogP contribution in [0.15, 0.2) is 54.6 Å². The molecule has 158 valence electrons. The Hall–Kier alpha value is -3.26. The Morgan fingerprint density at radius 1 is 1.13 bits per heavy atom. The fourth-order valence-corrected chi connectivity index (χ4v) is 3.35. The third-order valence-electron chi connectivity index (χ3n) is 5.12. The highest BCUT2D eigenvalue weighted by Crippen LogP contribution is 2.29. The van der Waals surface area contributed by atoms with E-state index in [0.717, 1.165) is 10.5 Å². The lowest BCUT2D eigenvalue weighted by molar-refractivity contribution is -0.139. The Bertz CT molecular complexity index is 920. The predicted molar refractivity (Wildman–Crippen MR) is 108 cm³/mol. The van der Waals surface area contributed by atoms with Crippen LogP contribution in [0.3, 0.4) is 0 Å². The van der Waals surface area contributed by atoms with Gasteiger partial charge in [-0.2, -0.15) is 0 Å². The average molecular weight is 413 g/mol. The molecule has 0 radical (unpaired) electrons. The number of imide groups is 1. The molecule has 3 rings (SSSR count). The number of nitrogens with one attached hydrogen (secondary N) is 1. The molecule has 1 aliphatic heterocycles. The van der Waals surface area contributed by atoms with Crippen molar-refractivity contribution >= 4 is 17.8 Å². The lowest BCUT2D eigenvalue weighted by Crippen LogP contribution is -2.45. The summed E-state index contributed by atoms with van der Waals surface area (Å²) in [6, 6.07) is 14.1. The SMILES string of the molecule is COCCN(Cc1ccccc1)C(=O)CN1C(=O)NC(C)(c2ccc(F)cc2)C1=O. The van der Waals surface area contributed by atoms with Gasteiger partial charge in [-0.3, -0.25) is 14.5 Å². The summed E-state index contributed by atoms with van der Waals surface area (Å²) in [5.41, 5.74) is 0.00927. The van der Waals surface area contributed by atoms with Crippen LogP contribution < -0.4 is 5.32 Å². The van der Waals surface area contributed by atoms with E-state index in [9.17, 15) is 18.8 Å². The smallest absolute Gasteiger partial charge is 0.325 e. The van der Waals surface area contributed by atoms with Crippen LogP contribution in [0.2, 0.25) is 0 Å². The lowest BCUT2D eigenvalue weighted by atomic mass is 9.92. The molecule has 0 bridgehead atoms. The predicted octanol–water partition coefficient (Wildman–Crippen LogP) is 2.27. The molecule has 1 atom stereocenters. The van der Waals surface area contributed by atoms with E-state index in [1.165, 1.54) is 38.3 Å². The van der Waals surface area contributed by atoms with Crippen molar-refractivity contribution in [1.82, 2.24) is 15.1 Å². The van der Waals surface area contributed by atoms with E-state index >= 15 is 0 Å². The summed E-state index contributed by atoms with van der Waals surface area (Å²) in [6.07, 6.45) is 0. The third kappa shape index (κ3) is 4.49. The molecule has 2 aromatic carbocycles. The molecule has 1 fully saturated rings. The number of nitrogens with zero attached hydrogens (tertiary/aromatic N) is 2. The van der Waals surface area contributed by atoms with Gasteiger partial charge in [0.05, 0.1) is 6.61 Å². The molecular formula is C22H24FN3O4. The van der Waals surface area contributed by atoms with Crippen LogP contribution in [0.5, 0.6) is 0 Å². The highest BCUT2D eigenvalue weighted by molar-refractivity contribution is 6.09. The normalized spacial score (nSPS) is 18.4. The van der Waals surface area contributed by atoms with Crippen molar-refractivity contribution in [2.75, 3.05) is 26.8 Å². The number of benzene rings is 2. The highest BCUT2D eigenvalue weighted by Gasteiger charge is 2.49. The summed E-state index contributed by atoms with van der Waals surface area (Å²) in [5, 5.41) is 2.62. The molecule has 0 saturated carbocycles. The fourth-order valence-electron chi connectivity index (χ4n) is 3.35. The Morgan fingerprint density at radius 3 is 2.43 bits per heavy atom. The number of rotatable bonds is 8. The van der Waals surface area contributed by atoms with Gasteiger partial charge in [0.15, 0.2) is 0 Å². The molecule has 30 heavy (non-hydrogen) atoms. The van der Waals surface area contributed by atoms with E-state index in [0.29, 0.717) is 25.3 Å². The summed E-state index contributed by atoms with van der Waals surface area (Å²) < 4.78 is 18.3. The Labute approximate surface area is 174 Å². The molecular weight excluding hydrogens is 389 g/mol. The first-order valence-electron chi connectivity index (χ1n) is 9.56. The second-order valence-electron chi connectivity index (χ2n) is 7.25. The quantitative estimate of drug-likeness (QED) is 0.674. The molecule has 1 saturated heterocycles. The summed E-state index contributed by atoms with van der Waals surface area (Å²) in [5.74, 6) is -1.37. The maximum Gasteiger partial charge on any atom is 0.325 e. The highest BCUT2D eigenvalue weighted by atomic mass is 19.1. The van der Waals surface area contributed by atoms with Gasteiger partial charge in [0.2, 0.25) is 5.91 Å². The minimum atomic E-state index is -1.36. The Kier molecular flexibility index (Phi) is 6.47. The first kappa shape index (κ1) is 21.4. The molecule has 1 N–H and O–H groups in total. The first-order chi connectivity index (χ1) is 14.3. The van der Waals surface area contributed by atoms with Gasteiger partial charge in [-0.15, -0.1) is 0 Å². The van der Waals surface area contributed by atoms with E-state index in [1.54, 1.807) is 4.90 Å². The minimum Gasteiger partial charge on any atom is -0.383 e. The summed E-state index contributed by atoms with van der Waals surface area (Å²) in [4.78, 5) is 40.9. The van der Waals surface area contributed by atoms with Crippen molar-refractivity contribution in [2.45, 2.75) is 19.0 Å². The Morgan fingerprint density at radius 2 is 1.80 bits per heavy atom. The van der Waals surface area contributed by atoms with Crippen molar-refractivity contribution in [3.8, 4) is 0 Å². The zero-order chi connectivity index (χ0) is 21.7. The zero-order valence-corrected chi connectivity index (χ0v) is 16.9. The van der Waals surface area contributed by atoms with Crippen LogP contribution >= 0.6 is 0 Å². The summed E-state index contributed by atoms with van der Waals surface area (Å²) >= 11 is 0. The van der Waals surface area contributed by atoms with Crippen LogP contribution in [0, 0.1) is 5.82 Å². The number of carbonyl (C=O) groups excluding carboxylic acids is 3. The van der Waals surface area contributed by atoms with Crippen LogP contribution in [-0.4, -0.2) is 54.5 Å². The zero-order valence-electron chi connectivity index (χ0n) is 16.9. The van der Waals surface area contributed by atoms with E-state index < -0.39 is 29.8 Å². The van der Waals surface area contributed by atoms with Gasteiger partial charge in [-0.05, 0) is 30.2 Å². The van der Waals surface area contributed by atoms with E-state index in [2.05, 4.69) is 5.32 Å². The van der Waals surface area contributed by atoms with E-state index in [4.69, 9.17) is 4.74 Å². The van der Waals surface area contributed by atoms with E-state index in [-0.39, 0.29) is 5.91 Å². The standard InChI is InChI=1S/C22H24FN3O4/c1-22(17-8-10-18(23)11-9-17)20(28)26(21(29)24-22)15-19(27)25(12-13-30-2)14-16-6-4-3-5-7-16/h3-11H,12-15H2,1-2H3,(H,24,29). The van der Waals surface area contributed by atoms with Gasteiger partial charge in [-0.1, -0.05) is 42.5 Å². The number of methoxy groups -OCH3 is 1. The summed E-state index contributed by atoms with van der Waals surface area (Å²) in [7, 11) is 1.54. The molecule has 8 heteroatoms. The molecule has 2 aromatic rings. The van der Waals surface area contributed by atoms with Gasteiger partial charge in [-0.25, -0.2) is 9.18 Å². The molecule has 7 nitrogen and oxygen atoms in total. The Balaban J connectivity index is 1.75. The minimum absolute atomic E-state index is 0.323. The van der Waals surface area contributed by atoms with Crippen molar-refractivity contribution in [1.29, 1.82) is 0 Å². The van der Waals surface area contributed by atoms with Crippen LogP contribution in [0.4, 0.5) is 9.18 Å². The number of halogens is 1. The van der Waals surface area contributed by atoms with Crippen molar-refractivity contribution in [3.63, 3.8) is 0 Å². The van der Waals surface area contributed by atoms with Crippen LogP contribution in [0.25, 0.3) is 0 Å². The molecule has 1 unspecified atom stereocenters. The number of ether oxygens (including phenoxy) is 1. The van der Waals surface area contributed by atoms with Gasteiger partial charge in [0.1, 0.15) is 17.9 Å². The second-order valence-corrected chi connectivity index (χ2v) is 7.25. The van der Waals surface area contributed by atoms with Crippen molar-refractivity contribution in [3.05, 3.63) is 71.5 Å². The average Bonchev–Trinajstić information content (AvgIpc) is 2.96. The molecule has 0 spiro atoms. The molecule has 0 aromatic heterocycles. The van der Waals surface area contributed by atoms with Gasteiger partial charge in [0, 0.05) is 20.2 Å². The number of urea groups is 1. The first-order valence-corrected chi connectivity index (χ1v) is 9.56. The second kappa shape index (κ2) is 9.04. The number of hydrogen-bond donors (Lipinski definition) is 1. The molecule has 1 heterocycles. The molecule has 1 aliphatic rings. The number of amides is 4. The monoisotopic (exact) mass is 413 g/mol. The van der Waals surface area contributed by atoms with E-state index in [1.807, 2.05) is 30.3 Å². The van der Waals surface area contributed by atoms with Crippen molar-refractivity contribution < 1.29 is 23.5 Å².